The summed E-state index contributed by atoms with van der Waals surface area (Å²) in [6.07, 6.45) is 0. The van der Waals surface area contributed by atoms with Crippen LogP contribution in [0.5, 0.6) is 5.75 Å². The predicted molar refractivity (Wildman–Crippen MR) is 108 cm³/mol. The third-order valence-corrected chi connectivity index (χ3v) is 4.64. The van der Waals surface area contributed by atoms with Gasteiger partial charge in [-0.05, 0) is 48.9 Å². The van der Waals surface area contributed by atoms with Crippen molar-refractivity contribution in [1.29, 1.82) is 0 Å². The maximum absolute atomic E-state index is 11.9. The Kier molecular flexibility index (Phi) is 4.24. The van der Waals surface area contributed by atoms with Crippen LogP contribution in [0.25, 0.3) is 32.9 Å². The molecule has 1 aromatic heterocycles. The molecule has 0 spiro atoms. The number of fused-ring (bicyclic) bond motifs is 2. The number of hydrogen-bond donors (Lipinski definition) is 1. The summed E-state index contributed by atoms with van der Waals surface area (Å²) in [5, 5.41) is 12.5. The highest BCUT2D eigenvalue weighted by Crippen LogP contribution is 2.38. The van der Waals surface area contributed by atoms with Gasteiger partial charge < -0.3 is 9.84 Å². The summed E-state index contributed by atoms with van der Waals surface area (Å²) in [6, 6.07) is 19.2. The van der Waals surface area contributed by atoms with E-state index in [-0.39, 0.29) is 5.56 Å². The molecule has 0 saturated carbocycles. The second-order valence-electron chi connectivity index (χ2n) is 6.47. The van der Waals surface area contributed by atoms with E-state index in [4.69, 9.17) is 9.72 Å². The summed E-state index contributed by atoms with van der Waals surface area (Å²) in [5.74, 6) is -0.265. The molecule has 4 heteroatoms. The highest BCUT2D eigenvalue weighted by Gasteiger charge is 2.17. The van der Waals surface area contributed by atoms with Crippen LogP contribution in [-0.4, -0.2) is 22.7 Å². The number of carboxylic acid groups (broad SMARTS) is 1. The fourth-order valence-corrected chi connectivity index (χ4v) is 3.44. The number of aromatic carboxylic acids is 1. The Balaban J connectivity index is 2.09. The molecule has 4 nitrogen and oxygen atoms in total. The van der Waals surface area contributed by atoms with E-state index in [1.165, 1.54) is 0 Å². The first-order valence-corrected chi connectivity index (χ1v) is 8.88. The molecular weight excluding hydrogens is 338 g/mol. The van der Waals surface area contributed by atoms with E-state index in [0.29, 0.717) is 29.0 Å². The van der Waals surface area contributed by atoms with Crippen molar-refractivity contribution < 1.29 is 14.6 Å². The van der Waals surface area contributed by atoms with E-state index in [9.17, 15) is 9.90 Å². The number of nitrogens with zero attached hydrogens (tertiary/aromatic N) is 1. The second kappa shape index (κ2) is 6.72. The SMILES string of the molecule is CCOc1ccc2ccccc2c1-c1cc(C(=O)O)c2cc(C)ccc2n1. The first-order valence-electron chi connectivity index (χ1n) is 8.88. The number of ether oxygens (including phenoxy) is 1. The van der Waals surface area contributed by atoms with Gasteiger partial charge in [0.05, 0.1) is 28.9 Å². The minimum atomic E-state index is -0.965. The van der Waals surface area contributed by atoms with Gasteiger partial charge in [-0.1, -0.05) is 42.0 Å². The molecule has 0 atom stereocenters. The Hall–Kier alpha value is -3.40. The number of rotatable bonds is 4. The molecule has 0 aliphatic rings. The van der Waals surface area contributed by atoms with Crippen molar-refractivity contribution in [3.05, 3.63) is 71.8 Å². The number of pyridine rings is 1. The molecular formula is C23H19NO3. The lowest BCUT2D eigenvalue weighted by atomic mass is 9.97. The van der Waals surface area contributed by atoms with Gasteiger partial charge in [0, 0.05) is 5.39 Å². The van der Waals surface area contributed by atoms with Gasteiger partial charge in [-0.15, -0.1) is 0 Å². The quantitative estimate of drug-likeness (QED) is 0.527. The Morgan fingerprint density at radius 2 is 1.85 bits per heavy atom. The van der Waals surface area contributed by atoms with Gasteiger partial charge in [-0.25, -0.2) is 9.78 Å². The maximum atomic E-state index is 11.9. The number of aryl methyl sites for hydroxylation is 1. The zero-order chi connectivity index (χ0) is 19.0. The van der Waals surface area contributed by atoms with Crippen LogP contribution in [-0.2, 0) is 0 Å². The summed E-state index contributed by atoms with van der Waals surface area (Å²) in [5.41, 5.74) is 3.32. The highest BCUT2D eigenvalue weighted by molar-refractivity contribution is 6.06. The average Bonchev–Trinajstić information content (AvgIpc) is 2.67. The molecule has 0 radical (unpaired) electrons. The number of aromatic nitrogens is 1. The minimum Gasteiger partial charge on any atom is -0.493 e. The zero-order valence-corrected chi connectivity index (χ0v) is 15.2. The Morgan fingerprint density at radius 3 is 2.63 bits per heavy atom. The van der Waals surface area contributed by atoms with Crippen LogP contribution in [0.3, 0.4) is 0 Å². The fourth-order valence-electron chi connectivity index (χ4n) is 3.44. The van der Waals surface area contributed by atoms with E-state index >= 15 is 0 Å². The van der Waals surface area contributed by atoms with Crippen molar-refractivity contribution in [2.45, 2.75) is 13.8 Å². The predicted octanol–water partition coefficient (Wildman–Crippen LogP) is 5.46. The Labute approximate surface area is 157 Å². The average molecular weight is 357 g/mol. The molecule has 1 N–H and O–H groups in total. The molecule has 4 rings (SSSR count). The first-order chi connectivity index (χ1) is 13.1. The van der Waals surface area contributed by atoms with Crippen LogP contribution in [0.1, 0.15) is 22.8 Å². The molecule has 3 aromatic carbocycles. The molecule has 0 aliphatic carbocycles. The normalized spacial score (nSPS) is 11.0. The molecule has 0 saturated heterocycles. The molecule has 0 bridgehead atoms. The van der Waals surface area contributed by atoms with Crippen molar-refractivity contribution in [3.8, 4) is 17.0 Å². The lowest BCUT2D eigenvalue weighted by molar-refractivity contribution is 0.0699. The molecule has 134 valence electrons. The summed E-state index contributed by atoms with van der Waals surface area (Å²) in [4.78, 5) is 16.7. The highest BCUT2D eigenvalue weighted by atomic mass is 16.5. The lowest BCUT2D eigenvalue weighted by Crippen LogP contribution is -2.02. The van der Waals surface area contributed by atoms with Crippen molar-refractivity contribution in [1.82, 2.24) is 4.98 Å². The van der Waals surface area contributed by atoms with Gasteiger partial charge in [0.2, 0.25) is 0 Å². The van der Waals surface area contributed by atoms with Crippen molar-refractivity contribution in [3.63, 3.8) is 0 Å². The summed E-state index contributed by atoms with van der Waals surface area (Å²) in [6.45, 7) is 4.39. The van der Waals surface area contributed by atoms with Crippen molar-refractivity contribution >= 4 is 27.6 Å². The van der Waals surface area contributed by atoms with E-state index in [1.54, 1.807) is 6.07 Å². The minimum absolute atomic E-state index is 0.245. The molecule has 0 amide bonds. The van der Waals surface area contributed by atoms with Gasteiger partial charge >= 0.3 is 5.97 Å². The van der Waals surface area contributed by atoms with Gasteiger partial charge in [-0.3, -0.25) is 0 Å². The van der Waals surface area contributed by atoms with Gasteiger partial charge in [0.1, 0.15) is 5.75 Å². The summed E-state index contributed by atoms with van der Waals surface area (Å²) in [7, 11) is 0. The summed E-state index contributed by atoms with van der Waals surface area (Å²) < 4.78 is 5.84. The van der Waals surface area contributed by atoms with E-state index in [0.717, 1.165) is 21.9 Å². The first kappa shape index (κ1) is 17.0. The molecule has 27 heavy (non-hydrogen) atoms. The maximum Gasteiger partial charge on any atom is 0.336 e. The summed E-state index contributed by atoms with van der Waals surface area (Å²) >= 11 is 0. The third kappa shape index (κ3) is 2.99. The van der Waals surface area contributed by atoms with Crippen LogP contribution < -0.4 is 4.74 Å². The number of carboxylic acids is 1. The van der Waals surface area contributed by atoms with Gasteiger partial charge in [0.25, 0.3) is 0 Å². The van der Waals surface area contributed by atoms with E-state index in [1.807, 2.05) is 68.4 Å². The standard InChI is InChI=1S/C23H19NO3/c1-3-27-21-11-9-15-6-4-5-7-16(15)22(21)20-13-18(23(25)26)17-12-14(2)8-10-19(17)24-20/h4-13H,3H2,1-2H3,(H,25,26). The number of hydrogen-bond acceptors (Lipinski definition) is 3. The Bertz CT molecular complexity index is 1180. The Morgan fingerprint density at radius 1 is 1.04 bits per heavy atom. The van der Waals surface area contributed by atoms with Crippen LogP contribution in [0.2, 0.25) is 0 Å². The van der Waals surface area contributed by atoms with Gasteiger partial charge in [0.15, 0.2) is 0 Å². The molecule has 1 heterocycles. The molecule has 0 unspecified atom stereocenters. The topological polar surface area (TPSA) is 59.4 Å². The van der Waals surface area contributed by atoms with E-state index < -0.39 is 5.97 Å². The van der Waals surface area contributed by atoms with Crippen LogP contribution in [0.4, 0.5) is 0 Å². The molecule has 0 aliphatic heterocycles. The lowest BCUT2D eigenvalue weighted by Gasteiger charge is -2.15. The fraction of sp³-hybridized carbons (Fsp3) is 0.130. The van der Waals surface area contributed by atoms with Crippen LogP contribution in [0.15, 0.2) is 60.7 Å². The van der Waals surface area contributed by atoms with Crippen molar-refractivity contribution in [2.75, 3.05) is 6.61 Å². The zero-order valence-electron chi connectivity index (χ0n) is 15.2. The molecule has 0 fully saturated rings. The molecule has 4 aromatic rings. The smallest absolute Gasteiger partial charge is 0.336 e. The van der Waals surface area contributed by atoms with Crippen LogP contribution >= 0.6 is 0 Å². The van der Waals surface area contributed by atoms with Crippen molar-refractivity contribution in [2.24, 2.45) is 0 Å². The monoisotopic (exact) mass is 357 g/mol. The number of carbonyl (C=O) groups is 1. The second-order valence-corrected chi connectivity index (χ2v) is 6.47. The van der Waals surface area contributed by atoms with E-state index in [2.05, 4.69) is 0 Å². The van der Waals surface area contributed by atoms with Gasteiger partial charge in [-0.2, -0.15) is 0 Å². The third-order valence-electron chi connectivity index (χ3n) is 4.64. The largest absolute Gasteiger partial charge is 0.493 e. The van der Waals surface area contributed by atoms with Crippen LogP contribution in [0, 0.1) is 6.92 Å². The number of benzene rings is 3.